The summed E-state index contributed by atoms with van der Waals surface area (Å²) in [5.74, 6) is 0. The lowest BCUT2D eigenvalue weighted by Crippen LogP contribution is -2.23. The first-order valence-corrected chi connectivity index (χ1v) is 6.74. The largest absolute Gasteiger partial charge is 0.302 e. The van der Waals surface area contributed by atoms with Gasteiger partial charge in [0.1, 0.15) is 0 Å². The van der Waals surface area contributed by atoms with Gasteiger partial charge in [0.05, 0.1) is 5.69 Å². The van der Waals surface area contributed by atoms with E-state index in [1.807, 2.05) is 12.1 Å². The van der Waals surface area contributed by atoms with Crippen LogP contribution in [-0.2, 0) is 0 Å². The average Bonchev–Trinajstić information content (AvgIpc) is 2.40. The highest BCUT2D eigenvalue weighted by Crippen LogP contribution is 2.24. The minimum Gasteiger partial charge on any atom is -0.302 e. The molecule has 1 aromatic carbocycles. The first-order chi connectivity index (χ1) is 8.68. The Hall–Kier alpha value is -1.26. The molecule has 0 aliphatic rings. The lowest BCUT2D eigenvalue weighted by molar-refractivity contribution is 0.484. The molecular weight excluding hydrogens is 290 g/mol. The van der Waals surface area contributed by atoms with Gasteiger partial charge in [0, 0.05) is 35.1 Å². The Kier molecular flexibility index (Phi) is 4.44. The van der Waals surface area contributed by atoms with Gasteiger partial charge < -0.3 is 5.32 Å². The zero-order valence-corrected chi connectivity index (χ0v) is 12.1. The van der Waals surface area contributed by atoms with Gasteiger partial charge in [-0.25, -0.2) is 0 Å². The van der Waals surface area contributed by atoms with Gasteiger partial charge in [0.25, 0.3) is 0 Å². The number of halogens is 1. The van der Waals surface area contributed by atoms with Crippen LogP contribution >= 0.6 is 15.9 Å². The van der Waals surface area contributed by atoms with E-state index >= 15 is 0 Å². The molecule has 0 aliphatic carbocycles. The maximum Gasteiger partial charge on any atom is 0.0753 e. The minimum atomic E-state index is 0.167. The molecule has 1 heterocycles. The quantitative estimate of drug-likeness (QED) is 0.937. The van der Waals surface area contributed by atoms with Crippen LogP contribution in [0.5, 0.6) is 0 Å². The fraction of sp³-hybridized carbons (Fsp3) is 0.286. The highest BCUT2D eigenvalue weighted by molar-refractivity contribution is 9.10. The molecule has 2 aromatic rings. The van der Waals surface area contributed by atoms with Crippen LogP contribution < -0.4 is 5.32 Å². The Morgan fingerprint density at radius 2 is 1.89 bits per heavy atom. The molecule has 1 aromatic heterocycles. The van der Waals surface area contributed by atoms with Crippen molar-refractivity contribution in [3.63, 3.8) is 0 Å². The summed E-state index contributed by atoms with van der Waals surface area (Å²) in [5, 5.41) is 3.52. The summed E-state index contributed by atoms with van der Waals surface area (Å²) in [4.78, 5) is 8.40. The lowest BCUT2D eigenvalue weighted by atomic mass is 10.1. The van der Waals surface area contributed by atoms with Crippen LogP contribution in [0.3, 0.4) is 0 Å². The molecule has 0 saturated carbocycles. The number of aromatic nitrogens is 2. The molecule has 0 fully saturated rings. The summed E-state index contributed by atoms with van der Waals surface area (Å²) in [6, 6.07) is 8.65. The maximum absolute atomic E-state index is 4.31. The van der Waals surface area contributed by atoms with Crippen molar-refractivity contribution >= 4 is 15.9 Å². The van der Waals surface area contributed by atoms with Gasteiger partial charge in [0.2, 0.25) is 0 Å². The lowest BCUT2D eigenvalue weighted by Gasteiger charge is -2.20. The second kappa shape index (κ2) is 6.07. The molecule has 4 heteroatoms. The van der Waals surface area contributed by atoms with E-state index < -0.39 is 0 Å². The predicted octanol–water partition coefficient (Wildman–Crippen LogP) is 3.65. The van der Waals surface area contributed by atoms with E-state index in [4.69, 9.17) is 0 Å². The summed E-state index contributed by atoms with van der Waals surface area (Å²) in [7, 11) is 0. The van der Waals surface area contributed by atoms with Crippen LogP contribution in [-0.4, -0.2) is 9.97 Å². The van der Waals surface area contributed by atoms with E-state index in [1.165, 1.54) is 5.56 Å². The van der Waals surface area contributed by atoms with Gasteiger partial charge in [-0.05, 0) is 25.5 Å². The Morgan fingerprint density at radius 3 is 2.56 bits per heavy atom. The SMILES string of the molecule is CC(NC(C)c1ccccc1Br)c1cnccn1. The summed E-state index contributed by atoms with van der Waals surface area (Å²) in [6.07, 6.45) is 5.20. The standard InChI is InChI=1S/C14H16BrN3/c1-10(12-5-3-4-6-13(12)15)18-11(2)14-9-16-7-8-17-14/h3-11,18H,1-2H3. The van der Waals surface area contributed by atoms with Crippen LogP contribution in [0.2, 0.25) is 0 Å². The zero-order chi connectivity index (χ0) is 13.0. The number of hydrogen-bond donors (Lipinski definition) is 1. The Labute approximate surface area is 116 Å². The molecule has 18 heavy (non-hydrogen) atoms. The number of rotatable bonds is 4. The smallest absolute Gasteiger partial charge is 0.0753 e. The van der Waals surface area contributed by atoms with Crippen LogP contribution in [0.4, 0.5) is 0 Å². The monoisotopic (exact) mass is 305 g/mol. The number of nitrogens with zero attached hydrogens (tertiary/aromatic N) is 2. The Morgan fingerprint density at radius 1 is 1.11 bits per heavy atom. The van der Waals surface area contributed by atoms with Gasteiger partial charge >= 0.3 is 0 Å². The summed E-state index contributed by atoms with van der Waals surface area (Å²) < 4.78 is 1.12. The molecule has 94 valence electrons. The highest BCUT2D eigenvalue weighted by Gasteiger charge is 2.13. The van der Waals surface area contributed by atoms with Crippen molar-refractivity contribution in [3.05, 3.63) is 58.6 Å². The molecule has 0 amide bonds. The fourth-order valence-corrected chi connectivity index (χ4v) is 2.54. The Bertz CT molecular complexity index is 501. The molecule has 2 atom stereocenters. The first kappa shape index (κ1) is 13.2. The van der Waals surface area contributed by atoms with Crippen molar-refractivity contribution in [1.82, 2.24) is 15.3 Å². The zero-order valence-electron chi connectivity index (χ0n) is 10.5. The van der Waals surface area contributed by atoms with Gasteiger partial charge in [-0.1, -0.05) is 34.1 Å². The fourth-order valence-electron chi connectivity index (χ4n) is 1.91. The third kappa shape index (κ3) is 3.15. The van der Waals surface area contributed by atoms with Crippen LogP contribution in [0.25, 0.3) is 0 Å². The second-order valence-corrected chi connectivity index (χ2v) is 5.12. The van der Waals surface area contributed by atoms with Crippen molar-refractivity contribution in [3.8, 4) is 0 Å². The summed E-state index contributed by atoms with van der Waals surface area (Å²) in [6.45, 7) is 4.24. The van der Waals surface area contributed by atoms with E-state index in [0.29, 0.717) is 0 Å². The van der Waals surface area contributed by atoms with Gasteiger partial charge in [-0.2, -0.15) is 0 Å². The maximum atomic E-state index is 4.31. The van der Waals surface area contributed by atoms with Crippen molar-refractivity contribution in [2.45, 2.75) is 25.9 Å². The average molecular weight is 306 g/mol. The van der Waals surface area contributed by atoms with Crippen molar-refractivity contribution in [2.24, 2.45) is 0 Å². The van der Waals surface area contributed by atoms with E-state index in [1.54, 1.807) is 18.6 Å². The van der Waals surface area contributed by atoms with E-state index in [2.05, 4.69) is 57.2 Å². The van der Waals surface area contributed by atoms with Crippen molar-refractivity contribution in [1.29, 1.82) is 0 Å². The molecule has 2 unspecified atom stereocenters. The van der Waals surface area contributed by atoms with Crippen molar-refractivity contribution < 1.29 is 0 Å². The molecule has 0 radical (unpaired) electrons. The van der Waals surface area contributed by atoms with E-state index in [-0.39, 0.29) is 12.1 Å². The number of hydrogen-bond acceptors (Lipinski definition) is 3. The molecule has 0 bridgehead atoms. The van der Waals surface area contributed by atoms with Gasteiger partial charge in [-0.3, -0.25) is 9.97 Å². The number of benzene rings is 1. The third-order valence-corrected chi connectivity index (χ3v) is 3.62. The van der Waals surface area contributed by atoms with Crippen molar-refractivity contribution in [2.75, 3.05) is 0 Å². The Balaban J connectivity index is 2.08. The highest BCUT2D eigenvalue weighted by atomic mass is 79.9. The van der Waals surface area contributed by atoms with E-state index in [0.717, 1.165) is 10.2 Å². The minimum absolute atomic E-state index is 0.167. The van der Waals surface area contributed by atoms with Crippen LogP contribution in [0.1, 0.15) is 37.2 Å². The predicted molar refractivity (Wildman–Crippen MR) is 76.1 cm³/mol. The van der Waals surface area contributed by atoms with Crippen LogP contribution in [0.15, 0.2) is 47.3 Å². The summed E-state index contributed by atoms with van der Waals surface area (Å²) in [5.41, 5.74) is 2.20. The third-order valence-electron chi connectivity index (χ3n) is 2.90. The molecule has 0 saturated heterocycles. The molecule has 1 N–H and O–H groups in total. The summed E-state index contributed by atoms with van der Waals surface area (Å²) >= 11 is 3.58. The van der Waals surface area contributed by atoms with Gasteiger partial charge in [0.15, 0.2) is 0 Å². The molecule has 0 spiro atoms. The second-order valence-electron chi connectivity index (χ2n) is 4.26. The molecular formula is C14H16BrN3. The molecule has 2 rings (SSSR count). The first-order valence-electron chi connectivity index (χ1n) is 5.95. The molecule has 0 aliphatic heterocycles. The normalized spacial score (nSPS) is 14.2. The van der Waals surface area contributed by atoms with Crippen LogP contribution in [0, 0.1) is 0 Å². The topological polar surface area (TPSA) is 37.8 Å². The number of nitrogens with one attached hydrogen (secondary N) is 1. The van der Waals surface area contributed by atoms with Gasteiger partial charge in [-0.15, -0.1) is 0 Å². The van der Waals surface area contributed by atoms with E-state index in [9.17, 15) is 0 Å². The molecule has 3 nitrogen and oxygen atoms in total.